The van der Waals surface area contributed by atoms with Crippen LogP contribution in [0.5, 0.6) is 5.88 Å². The Morgan fingerprint density at radius 1 is 1.33 bits per heavy atom. The van der Waals surface area contributed by atoms with E-state index in [0.717, 1.165) is 6.42 Å². The molecule has 7 nitrogen and oxygen atoms in total. The average Bonchev–Trinajstić information content (AvgIpc) is 2.82. The van der Waals surface area contributed by atoms with Gasteiger partial charge in [-0.2, -0.15) is 9.29 Å². The maximum absolute atomic E-state index is 12.4. The lowest BCUT2D eigenvalue weighted by molar-refractivity contribution is 0.198. The molecule has 2 aliphatic rings. The third kappa shape index (κ3) is 2.58. The van der Waals surface area contributed by atoms with Gasteiger partial charge in [-0.3, -0.25) is 0 Å². The molecule has 0 saturated carbocycles. The van der Waals surface area contributed by atoms with E-state index >= 15 is 0 Å². The Morgan fingerprint density at radius 3 is 2.62 bits per heavy atom. The zero-order valence-electron chi connectivity index (χ0n) is 11.9. The van der Waals surface area contributed by atoms with Crippen LogP contribution >= 0.6 is 0 Å². The molecule has 116 valence electrons. The molecular weight excluding hydrogens is 294 g/mol. The minimum absolute atomic E-state index is 0.105. The monoisotopic (exact) mass is 313 g/mol. The maximum atomic E-state index is 12.4. The highest BCUT2D eigenvalue weighted by Gasteiger charge is 2.33. The lowest BCUT2D eigenvalue weighted by Crippen LogP contribution is -2.42. The number of aliphatic hydroxyl groups is 1. The second-order valence-corrected chi connectivity index (χ2v) is 7.23. The number of β-amino-alcohol motifs (C(OH)–C–C–N with tert-alkyl or cyclic N) is 1. The van der Waals surface area contributed by atoms with Crippen molar-refractivity contribution in [1.82, 2.24) is 9.29 Å². The van der Waals surface area contributed by atoms with E-state index in [4.69, 9.17) is 4.74 Å². The normalized spacial score (nSPS) is 23.1. The minimum atomic E-state index is -3.52. The van der Waals surface area contributed by atoms with E-state index in [2.05, 4.69) is 4.98 Å². The quantitative estimate of drug-likeness (QED) is 0.846. The number of aromatic nitrogens is 1. The summed E-state index contributed by atoms with van der Waals surface area (Å²) in [5, 5.41) is 9.58. The molecule has 0 aromatic carbocycles. The molecule has 1 aromatic rings. The topological polar surface area (TPSA) is 83.0 Å². The van der Waals surface area contributed by atoms with Crippen LogP contribution in [0, 0.1) is 0 Å². The van der Waals surface area contributed by atoms with Gasteiger partial charge in [0.2, 0.25) is 15.9 Å². The molecular formula is C13H19N3O4S. The Kier molecular flexibility index (Phi) is 3.76. The summed E-state index contributed by atoms with van der Waals surface area (Å²) in [6.07, 6.45) is 1.22. The maximum Gasteiger partial charge on any atom is 0.248 e. The minimum Gasteiger partial charge on any atom is -0.480 e. The van der Waals surface area contributed by atoms with Gasteiger partial charge in [0.15, 0.2) is 0 Å². The number of pyridine rings is 1. The third-order valence-electron chi connectivity index (χ3n) is 3.92. The zero-order valence-corrected chi connectivity index (χ0v) is 12.7. The summed E-state index contributed by atoms with van der Waals surface area (Å²) in [4.78, 5) is 6.33. The number of rotatable bonds is 4. The SMILES string of the molecule is COc1nc(N2CC[C@H](O)C2)ccc1S(=O)(=O)N1CCC1. The van der Waals surface area contributed by atoms with E-state index in [-0.39, 0.29) is 16.9 Å². The van der Waals surface area contributed by atoms with Crippen LogP contribution in [0.1, 0.15) is 12.8 Å². The molecule has 21 heavy (non-hydrogen) atoms. The predicted octanol–water partition coefficient (Wildman–Crippen LogP) is 0.0556. The van der Waals surface area contributed by atoms with E-state index in [1.165, 1.54) is 11.4 Å². The van der Waals surface area contributed by atoms with Crippen LogP contribution in [0.3, 0.4) is 0 Å². The molecule has 0 amide bonds. The fourth-order valence-electron chi connectivity index (χ4n) is 2.55. The van der Waals surface area contributed by atoms with Crippen LogP contribution in [-0.2, 0) is 10.0 Å². The van der Waals surface area contributed by atoms with Crippen LogP contribution in [-0.4, -0.2) is 62.2 Å². The molecule has 1 atom stereocenters. The number of anilines is 1. The number of hydrogen-bond donors (Lipinski definition) is 1. The van der Waals surface area contributed by atoms with Gasteiger partial charge in [0.1, 0.15) is 10.7 Å². The molecule has 3 rings (SSSR count). The molecule has 0 aliphatic carbocycles. The molecule has 0 radical (unpaired) electrons. The Balaban J connectivity index is 1.92. The van der Waals surface area contributed by atoms with E-state index in [9.17, 15) is 13.5 Å². The van der Waals surface area contributed by atoms with Crippen molar-refractivity contribution >= 4 is 15.8 Å². The average molecular weight is 313 g/mol. The molecule has 1 aromatic heterocycles. The van der Waals surface area contributed by atoms with Crippen molar-refractivity contribution in [2.75, 3.05) is 38.2 Å². The molecule has 0 unspecified atom stereocenters. The lowest BCUT2D eigenvalue weighted by atomic mass is 10.3. The van der Waals surface area contributed by atoms with Gasteiger partial charge in [0.25, 0.3) is 0 Å². The van der Waals surface area contributed by atoms with Crippen molar-refractivity contribution in [2.24, 2.45) is 0 Å². The fourth-order valence-corrected chi connectivity index (χ4v) is 4.16. The Labute approximate surface area is 124 Å². The number of ether oxygens (including phenoxy) is 1. The van der Waals surface area contributed by atoms with Gasteiger partial charge in [-0.15, -0.1) is 0 Å². The van der Waals surface area contributed by atoms with Crippen LogP contribution in [0.2, 0.25) is 0 Å². The molecule has 2 fully saturated rings. The molecule has 0 bridgehead atoms. The zero-order chi connectivity index (χ0) is 15.0. The van der Waals surface area contributed by atoms with Gasteiger partial charge in [0.05, 0.1) is 13.2 Å². The second-order valence-electron chi connectivity index (χ2n) is 5.32. The van der Waals surface area contributed by atoms with Gasteiger partial charge in [0, 0.05) is 26.2 Å². The van der Waals surface area contributed by atoms with Crippen molar-refractivity contribution in [3.8, 4) is 5.88 Å². The molecule has 8 heteroatoms. The number of hydrogen-bond acceptors (Lipinski definition) is 6. The first-order valence-corrected chi connectivity index (χ1v) is 8.44. The van der Waals surface area contributed by atoms with Crippen LogP contribution < -0.4 is 9.64 Å². The van der Waals surface area contributed by atoms with E-state index in [1.807, 2.05) is 4.90 Å². The van der Waals surface area contributed by atoms with Crippen LogP contribution in [0.25, 0.3) is 0 Å². The van der Waals surface area contributed by atoms with Crippen LogP contribution in [0.15, 0.2) is 17.0 Å². The van der Waals surface area contributed by atoms with Crippen LogP contribution in [0.4, 0.5) is 5.82 Å². The molecule has 2 aliphatic heterocycles. The number of methoxy groups -OCH3 is 1. The Morgan fingerprint density at radius 2 is 2.10 bits per heavy atom. The highest BCUT2D eigenvalue weighted by atomic mass is 32.2. The highest BCUT2D eigenvalue weighted by molar-refractivity contribution is 7.89. The third-order valence-corrected chi connectivity index (χ3v) is 5.84. The molecule has 0 spiro atoms. The summed E-state index contributed by atoms with van der Waals surface area (Å²) >= 11 is 0. The van der Waals surface area contributed by atoms with Crippen molar-refractivity contribution in [3.63, 3.8) is 0 Å². The summed E-state index contributed by atoms with van der Waals surface area (Å²) in [7, 11) is -2.10. The van der Waals surface area contributed by atoms with Gasteiger partial charge in [-0.25, -0.2) is 8.42 Å². The standard InChI is InChI=1S/C13H19N3O4S/c1-20-13-11(21(18,19)16-6-2-7-16)3-4-12(14-13)15-8-5-10(17)9-15/h3-4,10,17H,2,5-9H2,1H3/t10-/m0/s1. The summed E-state index contributed by atoms with van der Waals surface area (Å²) in [6.45, 7) is 2.31. The Bertz CT molecular complexity index is 630. The van der Waals surface area contributed by atoms with E-state index < -0.39 is 10.0 Å². The van der Waals surface area contributed by atoms with E-state index in [1.54, 1.807) is 12.1 Å². The molecule has 3 heterocycles. The fraction of sp³-hybridized carbons (Fsp3) is 0.615. The van der Waals surface area contributed by atoms with E-state index in [0.29, 0.717) is 38.4 Å². The summed E-state index contributed by atoms with van der Waals surface area (Å²) < 4.78 is 31.5. The van der Waals surface area contributed by atoms with Gasteiger partial charge >= 0.3 is 0 Å². The number of aliphatic hydroxyl groups excluding tert-OH is 1. The number of nitrogens with zero attached hydrogens (tertiary/aromatic N) is 3. The highest BCUT2D eigenvalue weighted by Crippen LogP contribution is 2.30. The van der Waals surface area contributed by atoms with Crippen molar-refractivity contribution in [2.45, 2.75) is 23.8 Å². The molecule has 1 N–H and O–H groups in total. The van der Waals surface area contributed by atoms with Gasteiger partial charge in [-0.1, -0.05) is 0 Å². The van der Waals surface area contributed by atoms with Crippen molar-refractivity contribution < 1.29 is 18.3 Å². The van der Waals surface area contributed by atoms with Crippen molar-refractivity contribution in [1.29, 1.82) is 0 Å². The van der Waals surface area contributed by atoms with Gasteiger partial charge in [-0.05, 0) is 25.0 Å². The lowest BCUT2D eigenvalue weighted by Gasteiger charge is -2.30. The predicted molar refractivity (Wildman–Crippen MR) is 77.0 cm³/mol. The first kappa shape index (κ1) is 14.6. The summed E-state index contributed by atoms with van der Waals surface area (Å²) in [5.74, 6) is 0.742. The second kappa shape index (κ2) is 5.43. The number of sulfonamides is 1. The largest absolute Gasteiger partial charge is 0.480 e. The van der Waals surface area contributed by atoms with Gasteiger partial charge < -0.3 is 14.7 Å². The first-order valence-electron chi connectivity index (χ1n) is 7.00. The smallest absolute Gasteiger partial charge is 0.248 e. The summed E-state index contributed by atoms with van der Waals surface area (Å²) in [5.41, 5.74) is 0. The van der Waals surface area contributed by atoms with Crippen molar-refractivity contribution in [3.05, 3.63) is 12.1 Å². The molecule has 2 saturated heterocycles. The first-order chi connectivity index (χ1) is 10.0. The Hall–Kier alpha value is -1.38. The summed E-state index contributed by atoms with van der Waals surface area (Å²) in [6, 6.07) is 3.22.